The van der Waals surface area contributed by atoms with Gasteiger partial charge in [-0.3, -0.25) is 4.79 Å². The third kappa shape index (κ3) is 2.66. The van der Waals surface area contributed by atoms with Crippen molar-refractivity contribution < 1.29 is 4.79 Å². The number of anilines is 2. The molecule has 2 aromatic rings. The Morgan fingerprint density at radius 3 is 2.50 bits per heavy atom. The standard InChI is InChI=1S/C14H15N3O/c1-10-4-3-9-16-13(10)17-14(18)11-5-7-12(15-2)8-6-11/h3-9,15H,1-2H3,(H,16,17,18). The molecule has 1 aromatic heterocycles. The van der Waals surface area contributed by atoms with Gasteiger partial charge >= 0.3 is 0 Å². The van der Waals surface area contributed by atoms with Crippen LogP contribution in [0.1, 0.15) is 15.9 Å². The number of aromatic nitrogens is 1. The third-order valence-corrected chi connectivity index (χ3v) is 2.68. The van der Waals surface area contributed by atoms with Gasteiger partial charge in [0.2, 0.25) is 0 Å². The number of nitrogens with zero attached hydrogens (tertiary/aromatic N) is 1. The molecule has 4 heteroatoms. The van der Waals surface area contributed by atoms with E-state index in [1.807, 2.05) is 38.2 Å². The summed E-state index contributed by atoms with van der Waals surface area (Å²) in [5, 5.41) is 5.80. The Morgan fingerprint density at radius 1 is 1.17 bits per heavy atom. The van der Waals surface area contributed by atoms with Gasteiger partial charge in [0, 0.05) is 24.5 Å². The first-order chi connectivity index (χ1) is 8.70. The number of amides is 1. The van der Waals surface area contributed by atoms with Gasteiger partial charge in [-0.05, 0) is 42.8 Å². The maximum absolute atomic E-state index is 12.0. The van der Waals surface area contributed by atoms with E-state index in [1.165, 1.54) is 0 Å². The highest BCUT2D eigenvalue weighted by Gasteiger charge is 2.07. The summed E-state index contributed by atoms with van der Waals surface area (Å²) in [6.07, 6.45) is 1.66. The highest BCUT2D eigenvalue weighted by Crippen LogP contribution is 2.13. The van der Waals surface area contributed by atoms with Crippen LogP contribution in [0, 0.1) is 6.92 Å². The average molecular weight is 241 g/mol. The Balaban J connectivity index is 2.14. The Hall–Kier alpha value is -2.36. The summed E-state index contributed by atoms with van der Waals surface area (Å²) < 4.78 is 0. The number of hydrogen-bond acceptors (Lipinski definition) is 3. The van der Waals surface area contributed by atoms with Gasteiger partial charge < -0.3 is 10.6 Å². The van der Waals surface area contributed by atoms with Gasteiger partial charge in [0.25, 0.3) is 5.91 Å². The predicted molar refractivity (Wildman–Crippen MR) is 72.9 cm³/mol. The van der Waals surface area contributed by atoms with Crippen molar-refractivity contribution in [3.8, 4) is 0 Å². The molecule has 92 valence electrons. The zero-order chi connectivity index (χ0) is 13.0. The Kier molecular flexibility index (Phi) is 3.57. The van der Waals surface area contributed by atoms with E-state index in [0.717, 1.165) is 11.3 Å². The van der Waals surface area contributed by atoms with Crippen LogP contribution >= 0.6 is 0 Å². The molecule has 0 saturated heterocycles. The number of carbonyl (C=O) groups is 1. The van der Waals surface area contributed by atoms with Crippen molar-refractivity contribution in [3.63, 3.8) is 0 Å². The summed E-state index contributed by atoms with van der Waals surface area (Å²) in [6, 6.07) is 11.0. The van der Waals surface area contributed by atoms with E-state index in [-0.39, 0.29) is 5.91 Å². The molecule has 0 unspecified atom stereocenters. The molecule has 2 N–H and O–H groups in total. The SMILES string of the molecule is CNc1ccc(C(=O)Nc2ncccc2C)cc1. The van der Waals surface area contributed by atoms with Gasteiger partial charge in [0.05, 0.1) is 0 Å². The lowest BCUT2D eigenvalue weighted by atomic mass is 10.2. The molecule has 0 fully saturated rings. The number of hydrogen-bond donors (Lipinski definition) is 2. The van der Waals surface area contributed by atoms with E-state index < -0.39 is 0 Å². The molecule has 1 amide bonds. The molecule has 4 nitrogen and oxygen atoms in total. The number of rotatable bonds is 3. The third-order valence-electron chi connectivity index (χ3n) is 2.68. The van der Waals surface area contributed by atoms with Crippen LogP contribution < -0.4 is 10.6 Å². The summed E-state index contributed by atoms with van der Waals surface area (Å²) in [5.74, 6) is 0.444. The van der Waals surface area contributed by atoms with Crippen LogP contribution in [0.3, 0.4) is 0 Å². The number of carbonyl (C=O) groups excluding carboxylic acids is 1. The lowest BCUT2D eigenvalue weighted by Crippen LogP contribution is -2.13. The topological polar surface area (TPSA) is 54.0 Å². The molecule has 0 atom stereocenters. The van der Waals surface area contributed by atoms with E-state index in [4.69, 9.17) is 0 Å². The van der Waals surface area contributed by atoms with E-state index >= 15 is 0 Å². The maximum atomic E-state index is 12.0. The van der Waals surface area contributed by atoms with Crippen molar-refractivity contribution >= 4 is 17.4 Å². The molecule has 0 aliphatic rings. The fourth-order valence-corrected chi connectivity index (χ4v) is 1.58. The van der Waals surface area contributed by atoms with Gasteiger partial charge in [0.15, 0.2) is 0 Å². The van der Waals surface area contributed by atoms with Crippen molar-refractivity contribution in [2.75, 3.05) is 17.7 Å². The van der Waals surface area contributed by atoms with Gasteiger partial charge in [-0.2, -0.15) is 0 Å². The van der Waals surface area contributed by atoms with Crippen LogP contribution in [0.25, 0.3) is 0 Å². The zero-order valence-electron chi connectivity index (χ0n) is 10.4. The van der Waals surface area contributed by atoms with Crippen LogP contribution in [0.2, 0.25) is 0 Å². The smallest absolute Gasteiger partial charge is 0.256 e. The Morgan fingerprint density at radius 2 is 1.89 bits per heavy atom. The number of pyridine rings is 1. The minimum Gasteiger partial charge on any atom is -0.388 e. The predicted octanol–water partition coefficient (Wildman–Crippen LogP) is 2.68. The summed E-state index contributed by atoms with van der Waals surface area (Å²) in [7, 11) is 1.84. The molecule has 0 aliphatic carbocycles. The lowest BCUT2D eigenvalue weighted by Gasteiger charge is -2.07. The first-order valence-electron chi connectivity index (χ1n) is 5.71. The Labute approximate surface area is 106 Å². The monoisotopic (exact) mass is 241 g/mol. The fraction of sp³-hybridized carbons (Fsp3) is 0.143. The largest absolute Gasteiger partial charge is 0.388 e. The quantitative estimate of drug-likeness (QED) is 0.868. The molecule has 2 rings (SSSR count). The molecular weight excluding hydrogens is 226 g/mol. The fourth-order valence-electron chi connectivity index (χ4n) is 1.58. The van der Waals surface area contributed by atoms with Crippen LogP contribution in [0.15, 0.2) is 42.6 Å². The minimum atomic E-state index is -0.153. The van der Waals surface area contributed by atoms with Gasteiger partial charge in [-0.1, -0.05) is 6.07 Å². The number of benzene rings is 1. The first-order valence-corrected chi connectivity index (χ1v) is 5.71. The molecular formula is C14H15N3O. The van der Waals surface area contributed by atoms with E-state index in [2.05, 4.69) is 15.6 Å². The highest BCUT2D eigenvalue weighted by atomic mass is 16.1. The number of nitrogens with one attached hydrogen (secondary N) is 2. The van der Waals surface area contributed by atoms with Crippen LogP contribution in [0.5, 0.6) is 0 Å². The van der Waals surface area contributed by atoms with Crippen LogP contribution in [-0.4, -0.2) is 17.9 Å². The summed E-state index contributed by atoms with van der Waals surface area (Å²) in [6.45, 7) is 1.91. The summed E-state index contributed by atoms with van der Waals surface area (Å²) in [5.41, 5.74) is 2.53. The van der Waals surface area contributed by atoms with Gasteiger partial charge in [0.1, 0.15) is 5.82 Å². The molecule has 0 radical (unpaired) electrons. The molecule has 0 saturated carbocycles. The van der Waals surface area contributed by atoms with Crippen molar-refractivity contribution in [2.45, 2.75) is 6.92 Å². The molecule has 1 heterocycles. The molecule has 18 heavy (non-hydrogen) atoms. The lowest BCUT2D eigenvalue weighted by molar-refractivity contribution is 0.102. The minimum absolute atomic E-state index is 0.153. The highest BCUT2D eigenvalue weighted by molar-refractivity contribution is 6.04. The summed E-state index contributed by atoms with van der Waals surface area (Å²) >= 11 is 0. The van der Waals surface area contributed by atoms with E-state index in [1.54, 1.807) is 18.3 Å². The number of aryl methyl sites for hydroxylation is 1. The van der Waals surface area contributed by atoms with E-state index in [9.17, 15) is 4.79 Å². The van der Waals surface area contributed by atoms with Crippen LogP contribution in [0.4, 0.5) is 11.5 Å². The molecule has 0 bridgehead atoms. The normalized spacial score (nSPS) is 9.89. The van der Waals surface area contributed by atoms with Crippen LogP contribution in [-0.2, 0) is 0 Å². The van der Waals surface area contributed by atoms with Crippen molar-refractivity contribution in [3.05, 3.63) is 53.7 Å². The van der Waals surface area contributed by atoms with Crippen molar-refractivity contribution in [1.82, 2.24) is 4.98 Å². The maximum Gasteiger partial charge on any atom is 0.256 e. The second kappa shape index (κ2) is 5.31. The molecule has 0 spiro atoms. The van der Waals surface area contributed by atoms with Gasteiger partial charge in [-0.25, -0.2) is 4.98 Å². The zero-order valence-corrected chi connectivity index (χ0v) is 10.4. The second-order valence-corrected chi connectivity index (χ2v) is 3.95. The van der Waals surface area contributed by atoms with Crippen molar-refractivity contribution in [1.29, 1.82) is 0 Å². The second-order valence-electron chi connectivity index (χ2n) is 3.95. The summed E-state index contributed by atoms with van der Waals surface area (Å²) in [4.78, 5) is 16.1. The molecule has 1 aromatic carbocycles. The van der Waals surface area contributed by atoms with E-state index in [0.29, 0.717) is 11.4 Å². The average Bonchev–Trinajstić information content (AvgIpc) is 2.41. The Bertz CT molecular complexity index is 549. The van der Waals surface area contributed by atoms with Crippen molar-refractivity contribution in [2.24, 2.45) is 0 Å². The first kappa shape index (κ1) is 12.1. The molecule has 0 aliphatic heterocycles. The van der Waals surface area contributed by atoms with Gasteiger partial charge in [-0.15, -0.1) is 0 Å².